The van der Waals surface area contributed by atoms with Crippen molar-refractivity contribution in [3.8, 4) is 5.75 Å². The smallest absolute Gasteiger partial charge is 0.407 e. The van der Waals surface area contributed by atoms with Crippen LogP contribution in [0.2, 0.25) is 0 Å². The molecule has 14 heteroatoms. The van der Waals surface area contributed by atoms with Crippen molar-refractivity contribution in [2.24, 2.45) is 5.92 Å². The number of aromatic nitrogens is 3. The number of likely N-dealkylation sites (N-methyl/N-ethyl adjacent to an activating group) is 1. The summed E-state index contributed by atoms with van der Waals surface area (Å²) in [6.45, 7) is 3.08. The van der Waals surface area contributed by atoms with Gasteiger partial charge in [0.2, 0.25) is 17.6 Å². The first-order valence-corrected chi connectivity index (χ1v) is 13.1. The van der Waals surface area contributed by atoms with E-state index in [0.29, 0.717) is 6.42 Å². The lowest BCUT2D eigenvalue weighted by Gasteiger charge is -2.21. The lowest BCUT2D eigenvalue weighted by molar-refractivity contribution is -0.123. The van der Waals surface area contributed by atoms with E-state index in [2.05, 4.69) is 15.3 Å². The third kappa shape index (κ3) is 7.92. The highest BCUT2D eigenvalue weighted by Crippen LogP contribution is 2.30. The number of benzene rings is 1. The molecule has 3 N–H and O–H groups in total. The van der Waals surface area contributed by atoms with Crippen molar-refractivity contribution < 1.29 is 33.0 Å². The van der Waals surface area contributed by atoms with Gasteiger partial charge in [-0.05, 0) is 44.9 Å². The summed E-state index contributed by atoms with van der Waals surface area (Å²) in [6, 6.07) is 3.89. The summed E-state index contributed by atoms with van der Waals surface area (Å²) in [5.74, 6) is -4.03. The van der Waals surface area contributed by atoms with Gasteiger partial charge >= 0.3 is 6.09 Å². The average Bonchev–Trinajstić information content (AvgIpc) is 3.31. The summed E-state index contributed by atoms with van der Waals surface area (Å²) in [5, 5.41) is 11.9. The van der Waals surface area contributed by atoms with Crippen LogP contribution in [0.1, 0.15) is 32.5 Å². The van der Waals surface area contributed by atoms with Crippen molar-refractivity contribution in [3.63, 3.8) is 0 Å². The standard InChI is InChI=1S/C28H34F2N6O6/c1-16(2)42-25-23(30)18(29)13-20-24(25)33-21(31-20)15-36-12-8-10-19(27(36)39)32-26(38)17(14-35(5)28(40)41)9-6-7-11-22(37)34(3)4/h7-8,10-13,16-17H,6,9,14-15H2,1-5H3,(H,31,33)(H,32,38)(H,40,41)/b11-7+/t17-/m0/s1. The number of H-pyrrole nitrogens is 1. The number of amides is 3. The van der Waals surface area contributed by atoms with Gasteiger partial charge in [0.05, 0.1) is 24.1 Å². The van der Waals surface area contributed by atoms with Crippen LogP contribution in [0.25, 0.3) is 11.0 Å². The van der Waals surface area contributed by atoms with Crippen LogP contribution in [0.15, 0.2) is 41.3 Å². The molecule has 2 heterocycles. The van der Waals surface area contributed by atoms with Crippen molar-refractivity contribution in [1.82, 2.24) is 24.3 Å². The van der Waals surface area contributed by atoms with E-state index >= 15 is 0 Å². The molecule has 1 aromatic carbocycles. The van der Waals surface area contributed by atoms with E-state index < -0.39 is 41.2 Å². The van der Waals surface area contributed by atoms with E-state index in [1.165, 1.54) is 40.9 Å². The average molecular weight is 589 g/mol. The van der Waals surface area contributed by atoms with E-state index in [1.54, 1.807) is 34.0 Å². The molecular formula is C28H34F2N6O6. The van der Waals surface area contributed by atoms with Gasteiger partial charge in [-0.25, -0.2) is 14.2 Å². The Balaban J connectivity index is 1.82. The van der Waals surface area contributed by atoms with Crippen molar-refractivity contribution in [3.05, 3.63) is 64.4 Å². The van der Waals surface area contributed by atoms with Crippen LogP contribution in [0.3, 0.4) is 0 Å². The van der Waals surface area contributed by atoms with Gasteiger partial charge in [0.15, 0.2) is 11.6 Å². The van der Waals surface area contributed by atoms with E-state index in [0.717, 1.165) is 11.0 Å². The van der Waals surface area contributed by atoms with E-state index in [4.69, 9.17) is 4.74 Å². The fourth-order valence-corrected chi connectivity index (χ4v) is 4.03. The third-order valence-electron chi connectivity index (χ3n) is 6.20. The number of hydrogen-bond acceptors (Lipinski definition) is 6. The van der Waals surface area contributed by atoms with Gasteiger partial charge in [-0.15, -0.1) is 0 Å². The van der Waals surface area contributed by atoms with Gasteiger partial charge in [0, 0.05) is 40.0 Å². The van der Waals surface area contributed by atoms with Crippen LogP contribution >= 0.6 is 0 Å². The number of halogens is 2. The number of nitrogens with zero attached hydrogens (tertiary/aromatic N) is 4. The van der Waals surface area contributed by atoms with Gasteiger partial charge in [0.25, 0.3) is 5.56 Å². The molecule has 0 spiro atoms. The molecule has 0 aliphatic heterocycles. The molecule has 0 saturated carbocycles. The van der Waals surface area contributed by atoms with Crippen molar-refractivity contribution >= 4 is 34.6 Å². The number of pyridine rings is 1. The number of hydrogen-bond donors (Lipinski definition) is 3. The minimum absolute atomic E-state index is 0.0548. The predicted molar refractivity (Wildman–Crippen MR) is 151 cm³/mol. The molecule has 3 amide bonds. The van der Waals surface area contributed by atoms with Gasteiger partial charge in [-0.3, -0.25) is 14.4 Å². The SMILES string of the molecule is CC(C)Oc1c(F)c(F)cc2[nH]c(Cn3cccc(NC(=O)[C@@H](CC/C=C/C(=O)N(C)C)CN(C)C(=O)O)c3=O)nc12. The molecule has 2 aromatic heterocycles. The Labute approximate surface area is 240 Å². The molecule has 12 nitrogen and oxygen atoms in total. The molecule has 42 heavy (non-hydrogen) atoms. The van der Waals surface area contributed by atoms with Crippen LogP contribution in [0.4, 0.5) is 19.3 Å². The first-order chi connectivity index (χ1) is 19.8. The number of carboxylic acid groups (broad SMARTS) is 1. The number of carbonyl (C=O) groups excluding carboxylic acids is 2. The molecule has 0 aliphatic rings. The second kappa shape index (κ2) is 13.7. The van der Waals surface area contributed by atoms with E-state index in [1.807, 2.05) is 0 Å². The second-order valence-electron chi connectivity index (χ2n) is 10.2. The Morgan fingerprint density at radius 1 is 1.24 bits per heavy atom. The number of anilines is 1. The Morgan fingerprint density at radius 3 is 2.60 bits per heavy atom. The number of nitrogens with one attached hydrogen (secondary N) is 2. The number of allylic oxidation sites excluding steroid dienone is 1. The number of ether oxygens (including phenoxy) is 1. The molecule has 226 valence electrons. The second-order valence-corrected chi connectivity index (χ2v) is 10.2. The van der Waals surface area contributed by atoms with Crippen LogP contribution in [0.5, 0.6) is 5.75 Å². The normalized spacial score (nSPS) is 12.1. The summed E-state index contributed by atoms with van der Waals surface area (Å²) < 4.78 is 35.2. The predicted octanol–water partition coefficient (Wildman–Crippen LogP) is 3.43. The molecule has 0 aliphatic carbocycles. The van der Waals surface area contributed by atoms with Crippen LogP contribution in [-0.4, -0.2) is 81.1 Å². The van der Waals surface area contributed by atoms with E-state index in [-0.39, 0.29) is 53.7 Å². The van der Waals surface area contributed by atoms with Crippen LogP contribution in [-0.2, 0) is 16.1 Å². The minimum atomic E-state index is -1.22. The molecule has 3 aromatic rings. The zero-order valence-electron chi connectivity index (χ0n) is 24.0. The first-order valence-electron chi connectivity index (χ1n) is 13.1. The maximum atomic E-state index is 14.4. The topological polar surface area (TPSA) is 150 Å². The lowest BCUT2D eigenvalue weighted by Crippen LogP contribution is -2.37. The highest BCUT2D eigenvalue weighted by atomic mass is 19.2. The van der Waals surface area contributed by atoms with Crippen LogP contribution in [0, 0.1) is 17.6 Å². The number of rotatable bonds is 12. The molecule has 0 bridgehead atoms. The maximum Gasteiger partial charge on any atom is 0.407 e. The Morgan fingerprint density at radius 2 is 1.95 bits per heavy atom. The third-order valence-corrected chi connectivity index (χ3v) is 6.20. The summed E-state index contributed by atoms with van der Waals surface area (Å²) in [6.07, 6.45) is 3.30. The molecule has 0 fully saturated rings. The summed E-state index contributed by atoms with van der Waals surface area (Å²) >= 11 is 0. The van der Waals surface area contributed by atoms with Crippen LogP contribution < -0.4 is 15.6 Å². The molecule has 0 unspecified atom stereocenters. The number of aromatic amines is 1. The summed E-state index contributed by atoms with van der Waals surface area (Å²) in [4.78, 5) is 59.0. The number of fused-ring (bicyclic) bond motifs is 1. The van der Waals surface area contributed by atoms with Gasteiger partial charge in [-0.1, -0.05) is 6.08 Å². The number of imidazole rings is 1. The van der Waals surface area contributed by atoms with Gasteiger partial charge in [0.1, 0.15) is 17.0 Å². The zero-order valence-corrected chi connectivity index (χ0v) is 24.0. The first kappa shape index (κ1) is 31.8. The largest absolute Gasteiger partial charge is 0.486 e. The van der Waals surface area contributed by atoms with Crippen molar-refractivity contribution in [2.45, 2.75) is 39.3 Å². The highest BCUT2D eigenvalue weighted by Gasteiger charge is 2.24. The lowest BCUT2D eigenvalue weighted by atomic mass is 10.0. The molecule has 1 atom stereocenters. The van der Waals surface area contributed by atoms with Crippen molar-refractivity contribution in [1.29, 1.82) is 0 Å². The maximum absolute atomic E-state index is 14.4. The van der Waals surface area contributed by atoms with Gasteiger partial charge < -0.3 is 34.5 Å². The van der Waals surface area contributed by atoms with Gasteiger partial charge in [-0.2, -0.15) is 4.39 Å². The Kier molecular flexibility index (Phi) is 10.4. The van der Waals surface area contributed by atoms with E-state index in [9.17, 15) is 33.1 Å². The molecule has 0 saturated heterocycles. The fourth-order valence-electron chi connectivity index (χ4n) is 4.03. The highest BCUT2D eigenvalue weighted by molar-refractivity contribution is 5.92. The molecular weight excluding hydrogens is 554 g/mol. The Hall–Kier alpha value is -4.75. The monoisotopic (exact) mass is 588 g/mol. The van der Waals surface area contributed by atoms with Crippen molar-refractivity contribution in [2.75, 3.05) is 33.0 Å². The fraction of sp³-hybridized carbons (Fsp3) is 0.393. The zero-order chi connectivity index (χ0) is 31.1. The molecule has 3 rings (SSSR count). The molecule has 0 radical (unpaired) electrons. The summed E-state index contributed by atoms with van der Waals surface area (Å²) in [5.41, 5.74) is -0.379. The summed E-state index contributed by atoms with van der Waals surface area (Å²) in [7, 11) is 4.53. The quantitative estimate of drug-likeness (QED) is 0.275. The minimum Gasteiger partial charge on any atom is -0.486 e. The number of carbonyl (C=O) groups is 3. The Bertz CT molecular complexity index is 1550.